The molecule has 1 amide bonds. The Balaban J connectivity index is 1.68. The number of thioether (sulfide) groups is 1. The summed E-state index contributed by atoms with van der Waals surface area (Å²) < 4.78 is 7.17. The lowest BCUT2D eigenvalue weighted by molar-refractivity contribution is -0.384. The highest BCUT2D eigenvalue weighted by atomic mass is 35.5. The molecule has 0 spiro atoms. The van der Waals surface area contributed by atoms with Crippen LogP contribution in [0.4, 0.5) is 11.4 Å². The number of hydrogen-bond acceptors (Lipinski definition) is 7. The molecule has 0 aliphatic heterocycles. The van der Waals surface area contributed by atoms with Crippen LogP contribution in [0, 0.1) is 10.1 Å². The minimum absolute atomic E-state index is 0.0370. The van der Waals surface area contributed by atoms with Crippen LogP contribution in [0.2, 0.25) is 5.02 Å². The van der Waals surface area contributed by atoms with Gasteiger partial charge in [-0.25, -0.2) is 0 Å². The molecule has 1 N–H and O–H groups in total. The van der Waals surface area contributed by atoms with Crippen LogP contribution in [-0.4, -0.2) is 31.3 Å². The van der Waals surface area contributed by atoms with E-state index in [0.29, 0.717) is 23.3 Å². The summed E-state index contributed by atoms with van der Waals surface area (Å²) in [5.41, 5.74) is 0.0286. The minimum atomic E-state index is -0.555. The van der Waals surface area contributed by atoms with E-state index in [1.807, 2.05) is 11.5 Å². The zero-order valence-corrected chi connectivity index (χ0v) is 15.7. The summed E-state index contributed by atoms with van der Waals surface area (Å²) in [6, 6.07) is 7.39. The summed E-state index contributed by atoms with van der Waals surface area (Å²) in [5.74, 6) is 0.832. The highest BCUT2D eigenvalue weighted by molar-refractivity contribution is 7.99. The van der Waals surface area contributed by atoms with Crippen LogP contribution in [0.15, 0.2) is 46.2 Å². The van der Waals surface area contributed by atoms with Crippen molar-refractivity contribution in [2.75, 3.05) is 11.1 Å². The van der Waals surface area contributed by atoms with Crippen LogP contribution in [0.3, 0.4) is 0 Å². The number of rotatable bonds is 7. The number of aromatic nitrogens is 3. The monoisotopic (exact) mass is 407 g/mol. The van der Waals surface area contributed by atoms with Crippen molar-refractivity contribution in [2.24, 2.45) is 0 Å². The molecule has 0 unspecified atom stereocenters. The fourth-order valence-electron chi connectivity index (χ4n) is 2.31. The van der Waals surface area contributed by atoms with Gasteiger partial charge >= 0.3 is 0 Å². The Labute approximate surface area is 162 Å². The third kappa shape index (κ3) is 4.29. The average molecular weight is 408 g/mol. The second-order valence-corrected chi connectivity index (χ2v) is 6.64. The van der Waals surface area contributed by atoms with Gasteiger partial charge in [-0.1, -0.05) is 23.4 Å². The molecule has 3 aromatic rings. The molecule has 9 nitrogen and oxygen atoms in total. The highest BCUT2D eigenvalue weighted by Crippen LogP contribution is 2.28. The van der Waals surface area contributed by atoms with Crippen molar-refractivity contribution in [1.29, 1.82) is 0 Å². The van der Waals surface area contributed by atoms with Crippen molar-refractivity contribution in [2.45, 2.75) is 18.6 Å². The number of nitro benzene ring substituents is 1. The SMILES string of the molecule is CCn1c(SCC(=O)Nc2cc([N+](=O)[O-])ccc2Cl)nnc1-c1ccco1. The Kier molecular flexibility index (Phi) is 5.77. The van der Waals surface area contributed by atoms with Crippen molar-refractivity contribution in [1.82, 2.24) is 14.8 Å². The molecule has 1 aromatic carbocycles. The summed E-state index contributed by atoms with van der Waals surface area (Å²) >= 11 is 7.18. The maximum Gasteiger partial charge on any atom is 0.271 e. The first-order chi connectivity index (χ1) is 13.0. The van der Waals surface area contributed by atoms with Gasteiger partial charge in [-0.2, -0.15) is 0 Å². The first kappa shape index (κ1) is 18.9. The second kappa shape index (κ2) is 8.23. The van der Waals surface area contributed by atoms with Gasteiger partial charge in [-0.15, -0.1) is 10.2 Å². The summed E-state index contributed by atoms with van der Waals surface area (Å²) in [5, 5.41) is 22.4. The topological polar surface area (TPSA) is 116 Å². The molecule has 0 radical (unpaired) electrons. The lowest BCUT2D eigenvalue weighted by atomic mass is 10.3. The molecule has 11 heteroatoms. The zero-order valence-electron chi connectivity index (χ0n) is 14.1. The van der Waals surface area contributed by atoms with Crippen LogP contribution in [0.25, 0.3) is 11.6 Å². The summed E-state index contributed by atoms with van der Waals surface area (Å²) in [6.07, 6.45) is 1.55. The number of nitro groups is 1. The molecule has 2 heterocycles. The van der Waals surface area contributed by atoms with E-state index in [-0.39, 0.29) is 28.1 Å². The molecule has 0 aliphatic rings. The van der Waals surface area contributed by atoms with E-state index < -0.39 is 4.92 Å². The van der Waals surface area contributed by atoms with E-state index in [0.717, 1.165) is 0 Å². The number of hydrogen-bond donors (Lipinski definition) is 1. The van der Waals surface area contributed by atoms with Gasteiger partial charge in [0.1, 0.15) is 0 Å². The number of halogens is 1. The van der Waals surface area contributed by atoms with Gasteiger partial charge in [-0.05, 0) is 25.1 Å². The van der Waals surface area contributed by atoms with Crippen molar-refractivity contribution in [3.63, 3.8) is 0 Å². The molecule has 0 bridgehead atoms. The van der Waals surface area contributed by atoms with Crippen molar-refractivity contribution in [3.8, 4) is 11.6 Å². The normalized spacial score (nSPS) is 10.7. The molecule has 3 rings (SSSR count). The maximum absolute atomic E-state index is 12.2. The van der Waals surface area contributed by atoms with Gasteiger partial charge in [0.25, 0.3) is 5.69 Å². The minimum Gasteiger partial charge on any atom is -0.461 e. The molecule has 140 valence electrons. The number of anilines is 1. The maximum atomic E-state index is 12.2. The standard InChI is InChI=1S/C16H14ClN5O4S/c1-2-21-15(13-4-3-7-26-13)19-20-16(21)27-9-14(23)18-12-8-10(22(24)25)5-6-11(12)17/h3-8H,2,9H2,1H3,(H,18,23). The average Bonchev–Trinajstić information content (AvgIpc) is 3.30. The number of carbonyl (C=O) groups excluding carboxylic acids is 1. The van der Waals surface area contributed by atoms with E-state index in [1.54, 1.807) is 18.4 Å². The van der Waals surface area contributed by atoms with E-state index >= 15 is 0 Å². The van der Waals surface area contributed by atoms with E-state index in [1.165, 1.54) is 30.0 Å². The largest absolute Gasteiger partial charge is 0.461 e. The predicted octanol–water partition coefficient (Wildman–Crippen LogP) is 3.85. The molecular weight excluding hydrogens is 394 g/mol. The van der Waals surface area contributed by atoms with Gasteiger partial charge < -0.3 is 9.73 Å². The second-order valence-electron chi connectivity index (χ2n) is 5.29. The van der Waals surface area contributed by atoms with Gasteiger partial charge in [0.2, 0.25) is 5.91 Å². The molecule has 0 fully saturated rings. The molecule has 2 aromatic heterocycles. The van der Waals surface area contributed by atoms with Crippen LogP contribution in [0.1, 0.15) is 6.92 Å². The van der Waals surface area contributed by atoms with Crippen LogP contribution in [-0.2, 0) is 11.3 Å². The van der Waals surface area contributed by atoms with Crippen molar-refractivity contribution >= 4 is 40.6 Å². The lowest BCUT2D eigenvalue weighted by Crippen LogP contribution is -2.15. The molecule has 27 heavy (non-hydrogen) atoms. The Hall–Kier alpha value is -2.85. The summed E-state index contributed by atoms with van der Waals surface area (Å²) in [4.78, 5) is 22.5. The third-order valence-electron chi connectivity index (χ3n) is 3.54. The van der Waals surface area contributed by atoms with Gasteiger partial charge in [-0.3, -0.25) is 19.5 Å². The van der Waals surface area contributed by atoms with E-state index in [4.69, 9.17) is 16.0 Å². The smallest absolute Gasteiger partial charge is 0.271 e. The molecule has 0 atom stereocenters. The predicted molar refractivity (Wildman–Crippen MR) is 101 cm³/mol. The Bertz CT molecular complexity index is 973. The molecule has 0 saturated carbocycles. The Morgan fingerprint density at radius 3 is 2.89 bits per heavy atom. The van der Waals surface area contributed by atoms with Gasteiger partial charge in [0.15, 0.2) is 16.7 Å². The number of nitrogens with one attached hydrogen (secondary N) is 1. The number of nitrogens with zero attached hydrogens (tertiary/aromatic N) is 4. The molecule has 0 aliphatic carbocycles. The Morgan fingerprint density at radius 1 is 1.41 bits per heavy atom. The number of amides is 1. The lowest BCUT2D eigenvalue weighted by Gasteiger charge is -2.08. The number of non-ortho nitro benzene ring substituents is 1. The van der Waals surface area contributed by atoms with Gasteiger partial charge in [0, 0.05) is 18.7 Å². The molecule has 0 saturated heterocycles. The quantitative estimate of drug-likeness (QED) is 0.359. The fraction of sp³-hybridized carbons (Fsp3) is 0.188. The first-order valence-electron chi connectivity index (χ1n) is 7.83. The number of carbonyl (C=O) groups is 1. The van der Waals surface area contributed by atoms with Gasteiger partial charge in [0.05, 0.1) is 27.6 Å². The van der Waals surface area contributed by atoms with Crippen LogP contribution >= 0.6 is 23.4 Å². The highest BCUT2D eigenvalue weighted by Gasteiger charge is 2.17. The Morgan fingerprint density at radius 2 is 2.22 bits per heavy atom. The third-order valence-corrected chi connectivity index (χ3v) is 4.84. The van der Waals surface area contributed by atoms with E-state index in [9.17, 15) is 14.9 Å². The van der Waals surface area contributed by atoms with Crippen molar-refractivity contribution < 1.29 is 14.1 Å². The summed E-state index contributed by atoms with van der Waals surface area (Å²) in [6.45, 7) is 2.53. The fourth-order valence-corrected chi connectivity index (χ4v) is 3.27. The van der Waals surface area contributed by atoms with Crippen molar-refractivity contribution in [3.05, 3.63) is 51.7 Å². The van der Waals surface area contributed by atoms with E-state index in [2.05, 4.69) is 15.5 Å². The number of benzene rings is 1. The van der Waals surface area contributed by atoms with Crippen LogP contribution < -0.4 is 5.32 Å². The zero-order chi connectivity index (χ0) is 19.4. The first-order valence-corrected chi connectivity index (χ1v) is 9.19. The molecular formula is C16H14ClN5O4S. The number of furan rings is 1. The summed E-state index contributed by atoms with van der Waals surface area (Å²) in [7, 11) is 0. The van der Waals surface area contributed by atoms with Crippen LogP contribution in [0.5, 0.6) is 0 Å².